The van der Waals surface area contributed by atoms with E-state index < -0.39 is 0 Å². The SMILES string of the molecule is C#CC.CC.COc1ccc(CNC2=NC/C=N\CN(c3cccc(C)c3)/N=C\C2)cc1. The van der Waals surface area contributed by atoms with Gasteiger partial charge in [-0.05, 0) is 49.2 Å². The van der Waals surface area contributed by atoms with E-state index >= 15 is 0 Å². The van der Waals surface area contributed by atoms with Gasteiger partial charge < -0.3 is 10.1 Å². The van der Waals surface area contributed by atoms with Crippen molar-refractivity contribution in [3.05, 3.63) is 59.7 Å². The van der Waals surface area contributed by atoms with E-state index in [-0.39, 0.29) is 0 Å². The Labute approximate surface area is 193 Å². The number of benzene rings is 2. The first-order valence-corrected chi connectivity index (χ1v) is 10.8. The summed E-state index contributed by atoms with van der Waals surface area (Å²) in [5, 5.41) is 9.87. The van der Waals surface area contributed by atoms with Crippen LogP contribution in [0.5, 0.6) is 5.75 Å². The topological polar surface area (TPSA) is 61.6 Å². The second-order valence-corrected chi connectivity index (χ2v) is 6.52. The minimum Gasteiger partial charge on any atom is -0.497 e. The molecule has 0 atom stereocenters. The third kappa shape index (κ3) is 9.94. The van der Waals surface area contributed by atoms with Crippen molar-refractivity contribution < 1.29 is 4.74 Å². The fraction of sp³-hybridized carbons (Fsp3) is 0.346. The summed E-state index contributed by atoms with van der Waals surface area (Å²) in [5.74, 6) is 4.00. The Bertz CT molecular complexity index is 911. The number of terminal acetylenes is 1. The molecule has 0 aromatic heterocycles. The van der Waals surface area contributed by atoms with Crippen molar-refractivity contribution in [1.82, 2.24) is 5.32 Å². The van der Waals surface area contributed by atoms with Crippen molar-refractivity contribution in [2.75, 3.05) is 25.3 Å². The lowest BCUT2D eigenvalue weighted by Crippen LogP contribution is -2.25. The van der Waals surface area contributed by atoms with E-state index in [1.807, 2.05) is 67.7 Å². The van der Waals surface area contributed by atoms with Crippen LogP contribution >= 0.6 is 0 Å². The highest BCUT2D eigenvalue weighted by atomic mass is 16.5. The number of aliphatic imine (C=N–C) groups is 2. The lowest BCUT2D eigenvalue weighted by molar-refractivity contribution is 0.414. The molecular weight excluding hydrogens is 398 g/mol. The maximum atomic E-state index is 5.19. The van der Waals surface area contributed by atoms with Crippen molar-refractivity contribution in [3.63, 3.8) is 0 Å². The molecule has 0 amide bonds. The average molecular weight is 434 g/mol. The maximum Gasteiger partial charge on any atom is 0.131 e. The number of hydrogen-bond donors (Lipinski definition) is 1. The molecule has 0 saturated heterocycles. The van der Waals surface area contributed by atoms with Gasteiger partial charge in [0.15, 0.2) is 0 Å². The monoisotopic (exact) mass is 433 g/mol. The molecule has 1 aliphatic rings. The molecular formula is C26H35N5O. The highest BCUT2D eigenvalue weighted by Crippen LogP contribution is 2.16. The predicted octanol–water partition coefficient (Wildman–Crippen LogP) is 5.08. The van der Waals surface area contributed by atoms with Crippen molar-refractivity contribution in [2.45, 2.75) is 40.7 Å². The maximum absolute atomic E-state index is 5.19. The summed E-state index contributed by atoms with van der Waals surface area (Å²) >= 11 is 0. The van der Waals surface area contributed by atoms with E-state index in [4.69, 9.17) is 4.74 Å². The lowest BCUT2D eigenvalue weighted by Gasteiger charge is -2.18. The highest BCUT2D eigenvalue weighted by molar-refractivity contribution is 5.94. The number of ether oxygens (including phenoxy) is 1. The van der Waals surface area contributed by atoms with Gasteiger partial charge in [0.25, 0.3) is 0 Å². The van der Waals surface area contributed by atoms with Crippen LogP contribution in [0, 0.1) is 19.3 Å². The van der Waals surface area contributed by atoms with Gasteiger partial charge in [-0.3, -0.25) is 9.98 Å². The molecule has 0 unspecified atom stereocenters. The number of anilines is 1. The van der Waals surface area contributed by atoms with Crippen LogP contribution in [-0.4, -0.2) is 38.6 Å². The smallest absolute Gasteiger partial charge is 0.131 e. The summed E-state index contributed by atoms with van der Waals surface area (Å²) in [4.78, 5) is 9.00. The summed E-state index contributed by atoms with van der Waals surface area (Å²) in [6, 6.07) is 16.3. The van der Waals surface area contributed by atoms with Gasteiger partial charge in [0.05, 0.1) is 19.3 Å². The van der Waals surface area contributed by atoms with E-state index in [2.05, 4.69) is 51.8 Å². The molecule has 6 heteroatoms. The van der Waals surface area contributed by atoms with Gasteiger partial charge in [-0.1, -0.05) is 38.1 Å². The lowest BCUT2D eigenvalue weighted by atomic mass is 10.2. The molecule has 0 fully saturated rings. The Balaban J connectivity index is 0.000000944. The normalized spacial score (nSPS) is 14.8. The van der Waals surface area contributed by atoms with Crippen LogP contribution in [0.4, 0.5) is 5.69 Å². The van der Waals surface area contributed by atoms with Crippen molar-refractivity contribution in [1.29, 1.82) is 0 Å². The standard InChI is InChI=1S/C21H25N5O.C3H4.C2H6/c1-17-4-3-5-19(14-17)26-16-22-12-13-23-21(10-11-25-26)24-15-18-6-8-20(27-2)9-7-18;1-3-2;1-2/h3-9,11-12,14H,10,13,15-16H2,1-2H3,(H,23,24);1H,2H3;1-2H3/b22-12-,25-11-;;. The minimum atomic E-state index is 0.490. The van der Waals surface area contributed by atoms with Gasteiger partial charge in [0.2, 0.25) is 0 Å². The fourth-order valence-electron chi connectivity index (χ4n) is 2.68. The van der Waals surface area contributed by atoms with Crippen LogP contribution in [0.1, 0.15) is 38.3 Å². The van der Waals surface area contributed by atoms with Gasteiger partial charge in [-0.2, -0.15) is 5.10 Å². The van der Waals surface area contributed by atoms with Crippen molar-refractivity contribution >= 4 is 24.0 Å². The fourth-order valence-corrected chi connectivity index (χ4v) is 2.68. The zero-order valence-corrected chi connectivity index (χ0v) is 19.9. The third-order valence-corrected chi connectivity index (χ3v) is 4.17. The Morgan fingerprint density at radius 2 is 1.84 bits per heavy atom. The number of nitrogens with one attached hydrogen (secondary N) is 1. The van der Waals surface area contributed by atoms with Crippen molar-refractivity contribution in [3.8, 4) is 18.1 Å². The van der Waals surface area contributed by atoms with Crippen LogP contribution in [-0.2, 0) is 6.54 Å². The second kappa shape index (κ2) is 16.1. The molecule has 170 valence electrons. The number of amidine groups is 1. The highest BCUT2D eigenvalue weighted by Gasteiger charge is 2.05. The Morgan fingerprint density at radius 3 is 2.50 bits per heavy atom. The zero-order valence-electron chi connectivity index (χ0n) is 19.9. The molecule has 0 bridgehead atoms. The molecule has 0 aliphatic carbocycles. The molecule has 0 radical (unpaired) electrons. The molecule has 3 rings (SSSR count). The van der Waals surface area contributed by atoms with E-state index in [0.29, 0.717) is 26.2 Å². The predicted molar refractivity (Wildman–Crippen MR) is 138 cm³/mol. The van der Waals surface area contributed by atoms with Gasteiger partial charge in [0.1, 0.15) is 18.3 Å². The van der Waals surface area contributed by atoms with E-state index in [9.17, 15) is 0 Å². The average Bonchev–Trinajstić information content (AvgIpc) is 2.83. The van der Waals surface area contributed by atoms with Gasteiger partial charge >= 0.3 is 0 Å². The summed E-state index contributed by atoms with van der Waals surface area (Å²) < 4.78 is 5.19. The zero-order chi connectivity index (χ0) is 23.6. The molecule has 0 spiro atoms. The Hall–Kier alpha value is -3.59. The summed E-state index contributed by atoms with van der Waals surface area (Å²) in [6.45, 7) is 9.48. The van der Waals surface area contributed by atoms with Crippen LogP contribution in [0.25, 0.3) is 0 Å². The molecule has 1 aliphatic heterocycles. The minimum absolute atomic E-state index is 0.490. The van der Waals surface area contributed by atoms with Gasteiger partial charge in [-0.25, -0.2) is 5.01 Å². The van der Waals surface area contributed by atoms with Crippen LogP contribution in [0.15, 0.2) is 63.6 Å². The van der Waals surface area contributed by atoms with Gasteiger partial charge in [0, 0.05) is 25.4 Å². The van der Waals surface area contributed by atoms with E-state index in [1.165, 1.54) is 11.1 Å². The van der Waals surface area contributed by atoms with Crippen LogP contribution in [0.3, 0.4) is 0 Å². The van der Waals surface area contributed by atoms with Crippen LogP contribution < -0.4 is 15.1 Å². The van der Waals surface area contributed by atoms with Crippen LogP contribution in [0.2, 0.25) is 0 Å². The first-order chi connectivity index (χ1) is 15.7. The number of methoxy groups -OCH3 is 1. The molecule has 1 N–H and O–H groups in total. The van der Waals surface area contributed by atoms with E-state index in [0.717, 1.165) is 17.3 Å². The van der Waals surface area contributed by atoms with Gasteiger partial charge in [-0.15, -0.1) is 12.3 Å². The molecule has 0 saturated carbocycles. The number of aryl methyl sites for hydroxylation is 1. The number of rotatable bonds is 4. The molecule has 6 nitrogen and oxygen atoms in total. The molecule has 1 heterocycles. The summed E-state index contributed by atoms with van der Waals surface area (Å²) in [7, 11) is 1.67. The number of nitrogens with zero attached hydrogens (tertiary/aromatic N) is 4. The number of hydrazone groups is 1. The van der Waals surface area contributed by atoms with Crippen molar-refractivity contribution in [2.24, 2.45) is 15.1 Å². The summed E-state index contributed by atoms with van der Waals surface area (Å²) in [6.07, 6.45) is 8.95. The molecule has 2 aromatic carbocycles. The molecule has 32 heavy (non-hydrogen) atoms. The third-order valence-electron chi connectivity index (χ3n) is 4.17. The first kappa shape index (κ1) is 26.4. The Morgan fingerprint density at radius 1 is 1.12 bits per heavy atom. The Kier molecular flexibility index (Phi) is 13.3. The second-order valence-electron chi connectivity index (χ2n) is 6.52. The molecule has 2 aromatic rings. The summed E-state index contributed by atoms with van der Waals surface area (Å²) in [5.41, 5.74) is 3.41. The number of hydrogen-bond acceptors (Lipinski definition) is 6. The van der Waals surface area contributed by atoms with E-state index in [1.54, 1.807) is 14.0 Å². The first-order valence-electron chi connectivity index (χ1n) is 10.8. The quantitative estimate of drug-likeness (QED) is 0.684. The largest absolute Gasteiger partial charge is 0.497 e.